The van der Waals surface area contributed by atoms with Gasteiger partial charge in [-0.25, -0.2) is 0 Å². The molecule has 0 unspecified atom stereocenters. The van der Waals surface area contributed by atoms with Gasteiger partial charge in [0.1, 0.15) is 5.84 Å². The summed E-state index contributed by atoms with van der Waals surface area (Å²) in [5.74, 6) is 6.28. The summed E-state index contributed by atoms with van der Waals surface area (Å²) in [7, 11) is 0. The van der Waals surface area contributed by atoms with Crippen LogP contribution in [0.4, 0.5) is 11.4 Å². The van der Waals surface area contributed by atoms with Crippen molar-refractivity contribution in [2.24, 2.45) is 16.1 Å². The van der Waals surface area contributed by atoms with Gasteiger partial charge in [0.2, 0.25) is 0 Å². The molecule has 0 radical (unpaired) electrons. The number of anilines is 1. The number of hydrogen-bond donors (Lipinski definition) is 3. The molecular weight excluding hydrogens is 322 g/mol. The zero-order valence-electron chi connectivity index (χ0n) is 14.0. The fraction of sp³-hybridized carbons (Fsp3) is 0. The molecule has 0 aliphatic rings. The van der Waals surface area contributed by atoms with Gasteiger partial charge >= 0.3 is 0 Å². The third kappa shape index (κ3) is 4.79. The Morgan fingerprint density at radius 3 is 2.27 bits per heavy atom. The van der Waals surface area contributed by atoms with Crippen molar-refractivity contribution in [3.8, 4) is 11.8 Å². The predicted octanol–water partition coefficient (Wildman–Crippen LogP) is 4.48. The Hall–Kier alpha value is -3.91. The highest BCUT2D eigenvalue weighted by molar-refractivity contribution is 5.95. The highest BCUT2D eigenvalue weighted by Gasteiger charge is 1.96. The number of hydrogen-bond acceptors (Lipinski definition) is 3. The van der Waals surface area contributed by atoms with Crippen LogP contribution in [0.5, 0.6) is 0 Å². The normalized spacial score (nSPS) is 10.2. The van der Waals surface area contributed by atoms with Crippen molar-refractivity contribution in [2.45, 2.75) is 0 Å². The molecule has 0 heterocycles. The largest absolute Gasteiger partial charge is 0.384 e. The average Bonchev–Trinajstić information content (AvgIpc) is 2.68. The van der Waals surface area contributed by atoms with Crippen LogP contribution in [0.1, 0.15) is 16.7 Å². The number of nitrogen functional groups attached to an aromatic ring is 1. The minimum absolute atomic E-state index is 0.0278. The second kappa shape index (κ2) is 8.27. The molecule has 0 saturated carbocycles. The van der Waals surface area contributed by atoms with Crippen molar-refractivity contribution in [3.63, 3.8) is 0 Å². The van der Waals surface area contributed by atoms with Crippen LogP contribution in [0.2, 0.25) is 0 Å². The minimum Gasteiger partial charge on any atom is -0.384 e. The van der Waals surface area contributed by atoms with E-state index >= 15 is 0 Å². The molecule has 3 rings (SSSR count). The van der Waals surface area contributed by atoms with E-state index in [4.69, 9.17) is 11.1 Å². The minimum atomic E-state index is 0.0278. The number of nitrogens with two attached hydrogens (primary N) is 1. The van der Waals surface area contributed by atoms with Crippen LogP contribution in [0.3, 0.4) is 0 Å². The SMILES string of the molecule is N=C(N)c1ccc(/N=N/Nc2cccc(C#Cc3ccccc3)c2)cc1. The highest BCUT2D eigenvalue weighted by atomic mass is 15.4. The Morgan fingerprint density at radius 1 is 0.846 bits per heavy atom. The Bertz CT molecular complexity index is 980. The number of nitrogens with one attached hydrogen (secondary N) is 2. The van der Waals surface area contributed by atoms with Crippen molar-refractivity contribution in [1.82, 2.24) is 0 Å². The lowest BCUT2D eigenvalue weighted by Gasteiger charge is -2.00. The van der Waals surface area contributed by atoms with E-state index in [0.717, 1.165) is 16.8 Å². The predicted molar refractivity (Wildman–Crippen MR) is 104 cm³/mol. The van der Waals surface area contributed by atoms with E-state index in [1.54, 1.807) is 24.3 Å². The van der Waals surface area contributed by atoms with Gasteiger partial charge in [-0.15, -0.1) is 5.11 Å². The Kier molecular flexibility index (Phi) is 5.38. The molecule has 0 bridgehead atoms. The standard InChI is InChI=1S/C21H17N5/c22-21(23)18-11-13-19(14-12-18)24-26-25-20-8-4-7-17(15-20)10-9-16-5-2-1-3-6-16/h1-8,11-15H,(H3,22,23)(H,24,25). The molecule has 0 aliphatic heterocycles. The maximum absolute atomic E-state index is 7.37. The van der Waals surface area contributed by atoms with E-state index < -0.39 is 0 Å². The maximum Gasteiger partial charge on any atom is 0.122 e. The Labute approximate surface area is 152 Å². The van der Waals surface area contributed by atoms with E-state index in [1.165, 1.54) is 0 Å². The van der Waals surface area contributed by atoms with Crippen molar-refractivity contribution in [2.75, 3.05) is 5.43 Å². The first-order valence-electron chi connectivity index (χ1n) is 7.99. The fourth-order valence-electron chi connectivity index (χ4n) is 2.18. The lowest BCUT2D eigenvalue weighted by Crippen LogP contribution is -2.10. The molecule has 3 aromatic carbocycles. The van der Waals surface area contributed by atoms with Gasteiger partial charge in [0, 0.05) is 16.7 Å². The summed E-state index contributed by atoms with van der Waals surface area (Å²) in [5.41, 5.74) is 12.3. The van der Waals surface area contributed by atoms with Gasteiger partial charge in [0.25, 0.3) is 0 Å². The van der Waals surface area contributed by atoms with Crippen LogP contribution in [0.15, 0.2) is 89.2 Å². The third-order valence-electron chi connectivity index (χ3n) is 3.51. The van der Waals surface area contributed by atoms with Gasteiger partial charge in [-0.1, -0.05) is 41.3 Å². The summed E-state index contributed by atoms with van der Waals surface area (Å²) in [6.07, 6.45) is 0. The molecule has 0 fully saturated rings. The van der Waals surface area contributed by atoms with Crippen LogP contribution in [-0.2, 0) is 0 Å². The first-order valence-corrected chi connectivity index (χ1v) is 7.99. The van der Waals surface area contributed by atoms with Crippen LogP contribution in [-0.4, -0.2) is 5.84 Å². The zero-order chi connectivity index (χ0) is 18.2. The van der Waals surface area contributed by atoms with E-state index in [1.807, 2.05) is 54.6 Å². The van der Waals surface area contributed by atoms with Crippen molar-refractivity contribution in [1.29, 1.82) is 5.41 Å². The molecule has 0 saturated heterocycles. The number of amidine groups is 1. The Balaban J connectivity index is 1.65. The first kappa shape index (κ1) is 16.9. The third-order valence-corrected chi connectivity index (χ3v) is 3.51. The molecule has 0 spiro atoms. The van der Waals surface area contributed by atoms with E-state index in [9.17, 15) is 0 Å². The van der Waals surface area contributed by atoms with E-state index in [2.05, 4.69) is 27.6 Å². The average molecular weight is 339 g/mol. The molecule has 0 atom stereocenters. The molecule has 0 aromatic heterocycles. The lowest BCUT2D eigenvalue weighted by molar-refractivity contribution is 1.13. The molecular formula is C21H17N5. The fourth-order valence-corrected chi connectivity index (χ4v) is 2.18. The van der Waals surface area contributed by atoms with Gasteiger partial charge in [0.05, 0.1) is 11.4 Å². The molecule has 26 heavy (non-hydrogen) atoms. The van der Waals surface area contributed by atoms with Gasteiger partial charge in [0.15, 0.2) is 0 Å². The molecule has 0 aliphatic carbocycles. The quantitative estimate of drug-likeness (QED) is 0.215. The molecule has 4 N–H and O–H groups in total. The summed E-state index contributed by atoms with van der Waals surface area (Å²) < 4.78 is 0. The van der Waals surface area contributed by atoms with Crippen LogP contribution in [0, 0.1) is 17.3 Å². The van der Waals surface area contributed by atoms with Gasteiger partial charge in [-0.05, 0) is 54.6 Å². The smallest absolute Gasteiger partial charge is 0.122 e. The molecule has 0 amide bonds. The topological polar surface area (TPSA) is 86.6 Å². The van der Waals surface area contributed by atoms with Crippen LogP contribution >= 0.6 is 0 Å². The zero-order valence-corrected chi connectivity index (χ0v) is 14.0. The second-order valence-electron chi connectivity index (χ2n) is 5.47. The van der Waals surface area contributed by atoms with Crippen molar-refractivity contribution >= 4 is 17.2 Å². The molecule has 5 heteroatoms. The summed E-state index contributed by atoms with van der Waals surface area (Å²) in [6.45, 7) is 0. The summed E-state index contributed by atoms with van der Waals surface area (Å²) in [4.78, 5) is 0. The maximum atomic E-state index is 7.37. The lowest BCUT2D eigenvalue weighted by atomic mass is 10.1. The summed E-state index contributed by atoms with van der Waals surface area (Å²) >= 11 is 0. The highest BCUT2D eigenvalue weighted by Crippen LogP contribution is 2.15. The summed E-state index contributed by atoms with van der Waals surface area (Å²) in [5, 5.41) is 15.4. The Morgan fingerprint density at radius 2 is 1.54 bits per heavy atom. The summed E-state index contributed by atoms with van der Waals surface area (Å²) in [6, 6.07) is 24.5. The van der Waals surface area contributed by atoms with Gasteiger partial charge < -0.3 is 5.73 Å². The molecule has 126 valence electrons. The van der Waals surface area contributed by atoms with E-state index in [0.29, 0.717) is 11.3 Å². The number of benzene rings is 3. The van der Waals surface area contributed by atoms with Crippen LogP contribution in [0.25, 0.3) is 0 Å². The van der Waals surface area contributed by atoms with E-state index in [-0.39, 0.29) is 5.84 Å². The number of rotatable bonds is 4. The van der Waals surface area contributed by atoms with Gasteiger partial charge in [-0.3, -0.25) is 10.8 Å². The van der Waals surface area contributed by atoms with Crippen molar-refractivity contribution < 1.29 is 0 Å². The second-order valence-corrected chi connectivity index (χ2v) is 5.47. The van der Waals surface area contributed by atoms with Gasteiger partial charge in [-0.2, -0.15) is 0 Å². The number of nitrogens with zero attached hydrogens (tertiary/aromatic N) is 2. The molecule has 3 aromatic rings. The van der Waals surface area contributed by atoms with Crippen LogP contribution < -0.4 is 11.2 Å². The first-order chi connectivity index (χ1) is 12.7. The monoisotopic (exact) mass is 339 g/mol. The molecule has 5 nitrogen and oxygen atoms in total. The van der Waals surface area contributed by atoms with Crippen molar-refractivity contribution in [3.05, 3.63) is 95.6 Å².